The Hall–Kier alpha value is -3.38. The third-order valence-electron chi connectivity index (χ3n) is 4.90. The quantitative estimate of drug-likeness (QED) is 0.121. The number of carbonyl (C=O) groups is 3. The van der Waals surface area contributed by atoms with Crippen LogP contribution in [0.2, 0.25) is 10.0 Å². The molecule has 1 heterocycles. The van der Waals surface area contributed by atoms with Crippen LogP contribution in [-0.4, -0.2) is 44.1 Å². The Morgan fingerprint density at radius 2 is 1.49 bits per heavy atom. The molecule has 12 nitrogen and oxygen atoms in total. The first-order valence-electron chi connectivity index (χ1n) is 11.9. The molecule has 0 bridgehead atoms. The summed E-state index contributed by atoms with van der Waals surface area (Å²) in [5.74, 6) is -1.82. The molecule has 0 spiro atoms. The van der Waals surface area contributed by atoms with Crippen LogP contribution in [0.1, 0.15) is 30.0 Å². The van der Waals surface area contributed by atoms with Crippen LogP contribution in [0.15, 0.2) is 65.1 Å². The number of phosphoric acid groups is 1. The summed E-state index contributed by atoms with van der Waals surface area (Å²) < 4.78 is 48.9. The van der Waals surface area contributed by atoms with Gasteiger partial charge in [0.15, 0.2) is 5.76 Å². The van der Waals surface area contributed by atoms with Crippen molar-refractivity contribution in [2.45, 2.75) is 26.3 Å². The Morgan fingerprint density at radius 1 is 0.878 bits per heavy atom. The summed E-state index contributed by atoms with van der Waals surface area (Å²) in [6.45, 7) is 0.346. The van der Waals surface area contributed by atoms with E-state index in [4.69, 9.17) is 45.9 Å². The Balaban J connectivity index is 1.71. The zero-order valence-electron chi connectivity index (χ0n) is 21.9. The zero-order chi connectivity index (χ0) is 29.8. The van der Waals surface area contributed by atoms with Crippen molar-refractivity contribution < 1.29 is 51.1 Å². The van der Waals surface area contributed by atoms with E-state index in [0.717, 1.165) is 19.4 Å². The molecule has 0 aliphatic rings. The first kappa shape index (κ1) is 32.1. The van der Waals surface area contributed by atoms with E-state index in [2.05, 4.69) is 14.8 Å². The van der Waals surface area contributed by atoms with Crippen LogP contribution in [0.4, 0.5) is 0 Å². The summed E-state index contributed by atoms with van der Waals surface area (Å²) in [4.78, 5) is 35.2. The van der Waals surface area contributed by atoms with Crippen molar-refractivity contribution in [3.63, 3.8) is 0 Å². The monoisotopic (exact) mass is 629 g/mol. The van der Waals surface area contributed by atoms with Gasteiger partial charge in [-0.2, -0.15) is 0 Å². The summed E-state index contributed by atoms with van der Waals surface area (Å²) in [5.41, 5.74) is 0.819. The SMILES string of the molecule is CC(=O)OCOP(=O)(OCOC(C)=O)OC[C@@H](Cc1ccccc1)NC(=O)c1ccc(Oc2cc(Cl)cc(Cl)c2)o1. The molecule has 0 saturated carbocycles. The van der Waals surface area contributed by atoms with Gasteiger partial charge in [-0.3, -0.25) is 18.9 Å². The summed E-state index contributed by atoms with van der Waals surface area (Å²) in [6.07, 6.45) is 0.242. The molecule has 1 aromatic heterocycles. The second-order valence-corrected chi connectivity index (χ2v) is 10.7. The molecule has 0 aliphatic carbocycles. The topological polar surface area (TPSA) is 149 Å². The van der Waals surface area contributed by atoms with Gasteiger partial charge in [0.1, 0.15) is 5.75 Å². The number of halogens is 2. The minimum Gasteiger partial charge on any atom is -0.438 e. The lowest BCUT2D eigenvalue weighted by Gasteiger charge is -2.22. The first-order chi connectivity index (χ1) is 19.5. The summed E-state index contributed by atoms with van der Waals surface area (Å²) in [7, 11) is -4.42. The number of carbonyl (C=O) groups excluding carboxylic acids is 3. The number of nitrogens with one attached hydrogen (secondary N) is 1. The fourth-order valence-corrected chi connectivity index (χ4v) is 4.60. The van der Waals surface area contributed by atoms with Crippen molar-refractivity contribution in [2.75, 3.05) is 20.2 Å². The van der Waals surface area contributed by atoms with Crippen molar-refractivity contribution in [3.8, 4) is 11.7 Å². The molecule has 2 aromatic carbocycles. The highest BCUT2D eigenvalue weighted by Crippen LogP contribution is 2.49. The van der Waals surface area contributed by atoms with E-state index in [1.54, 1.807) is 0 Å². The molecular formula is C26H26Cl2NO11P. The third kappa shape index (κ3) is 11.6. The van der Waals surface area contributed by atoms with Gasteiger partial charge in [-0.15, -0.1) is 0 Å². The van der Waals surface area contributed by atoms with Crippen LogP contribution in [-0.2, 0) is 43.6 Å². The lowest BCUT2D eigenvalue weighted by atomic mass is 10.1. The number of phosphoric ester groups is 1. The highest BCUT2D eigenvalue weighted by atomic mass is 35.5. The molecule has 1 atom stereocenters. The van der Waals surface area contributed by atoms with E-state index in [9.17, 15) is 18.9 Å². The van der Waals surface area contributed by atoms with E-state index in [1.165, 1.54) is 30.3 Å². The maximum absolute atomic E-state index is 13.1. The molecule has 3 rings (SSSR count). The second kappa shape index (κ2) is 15.6. The number of benzene rings is 2. The van der Waals surface area contributed by atoms with Gasteiger partial charge >= 0.3 is 19.8 Å². The Labute approximate surface area is 245 Å². The van der Waals surface area contributed by atoms with Crippen LogP contribution < -0.4 is 10.1 Å². The van der Waals surface area contributed by atoms with Gasteiger partial charge in [-0.25, -0.2) is 13.6 Å². The van der Waals surface area contributed by atoms with Crippen molar-refractivity contribution in [1.82, 2.24) is 5.32 Å². The molecule has 1 N–H and O–H groups in total. The smallest absolute Gasteiger partial charge is 0.438 e. The molecule has 15 heteroatoms. The molecule has 0 saturated heterocycles. The standard InChI is InChI=1S/C26H26Cl2NO11P/c1-17(30)34-15-37-41(33,38-16-35-18(2)31)36-14-22(10-19-6-4-3-5-7-19)29-26(32)24-8-9-25(40-24)39-23-12-20(27)11-21(28)13-23/h3-9,11-13,22H,10,14-16H2,1-2H3,(H,29,32)/t22-/m1/s1. The second-order valence-electron chi connectivity index (χ2n) is 8.19. The fraction of sp³-hybridized carbons (Fsp3) is 0.269. The average Bonchev–Trinajstić information content (AvgIpc) is 3.35. The maximum atomic E-state index is 13.1. The molecule has 0 unspecified atom stereocenters. The minimum absolute atomic E-state index is 0.00610. The van der Waals surface area contributed by atoms with Crippen molar-refractivity contribution >= 4 is 48.9 Å². The predicted molar refractivity (Wildman–Crippen MR) is 146 cm³/mol. The fourth-order valence-electron chi connectivity index (χ4n) is 3.15. The average molecular weight is 630 g/mol. The van der Waals surface area contributed by atoms with E-state index in [-0.39, 0.29) is 24.7 Å². The Morgan fingerprint density at radius 3 is 2.07 bits per heavy atom. The van der Waals surface area contributed by atoms with Gasteiger partial charge in [-0.1, -0.05) is 53.5 Å². The number of hydrogen-bond acceptors (Lipinski definition) is 11. The zero-order valence-corrected chi connectivity index (χ0v) is 24.3. The van der Waals surface area contributed by atoms with E-state index in [0.29, 0.717) is 15.8 Å². The predicted octanol–water partition coefficient (Wildman–Crippen LogP) is 5.92. The van der Waals surface area contributed by atoms with Gasteiger partial charge in [-0.05, 0) is 36.2 Å². The molecule has 0 radical (unpaired) electrons. The van der Waals surface area contributed by atoms with E-state index >= 15 is 0 Å². The van der Waals surface area contributed by atoms with E-state index in [1.807, 2.05) is 30.3 Å². The maximum Gasteiger partial charge on any atom is 0.480 e. The van der Waals surface area contributed by atoms with Gasteiger partial charge in [0.05, 0.1) is 12.6 Å². The van der Waals surface area contributed by atoms with Gasteiger partial charge in [0, 0.05) is 30.0 Å². The Kier molecular flexibility index (Phi) is 12.2. The molecule has 3 aromatic rings. The molecule has 1 amide bonds. The van der Waals surface area contributed by atoms with Crippen LogP contribution >= 0.6 is 31.0 Å². The largest absolute Gasteiger partial charge is 0.480 e. The molecular weight excluding hydrogens is 604 g/mol. The normalized spacial score (nSPS) is 11.9. The lowest BCUT2D eigenvalue weighted by Crippen LogP contribution is -2.39. The molecule has 0 aliphatic heterocycles. The molecule has 220 valence electrons. The van der Waals surface area contributed by atoms with Crippen LogP contribution in [0, 0.1) is 0 Å². The van der Waals surface area contributed by atoms with E-state index < -0.39 is 45.3 Å². The minimum atomic E-state index is -4.42. The van der Waals surface area contributed by atoms with Gasteiger partial charge in [0.2, 0.25) is 13.6 Å². The van der Waals surface area contributed by atoms with Crippen LogP contribution in [0.25, 0.3) is 0 Å². The summed E-state index contributed by atoms with van der Waals surface area (Å²) in [5, 5.41) is 3.45. The van der Waals surface area contributed by atoms with Gasteiger partial charge < -0.3 is 23.9 Å². The first-order valence-corrected chi connectivity index (χ1v) is 14.1. The number of furan rings is 1. The summed E-state index contributed by atoms with van der Waals surface area (Å²) in [6, 6.07) is 15.7. The number of hydrogen-bond donors (Lipinski definition) is 1. The third-order valence-corrected chi connectivity index (χ3v) is 6.64. The number of ether oxygens (including phenoxy) is 3. The van der Waals surface area contributed by atoms with Crippen LogP contribution in [0.3, 0.4) is 0 Å². The molecule has 41 heavy (non-hydrogen) atoms. The summed E-state index contributed by atoms with van der Waals surface area (Å²) >= 11 is 12.0. The lowest BCUT2D eigenvalue weighted by molar-refractivity contribution is -0.151. The number of amides is 1. The highest BCUT2D eigenvalue weighted by Gasteiger charge is 2.30. The number of rotatable bonds is 15. The van der Waals surface area contributed by atoms with Crippen molar-refractivity contribution in [1.29, 1.82) is 0 Å². The highest BCUT2D eigenvalue weighted by molar-refractivity contribution is 7.48. The van der Waals surface area contributed by atoms with Crippen molar-refractivity contribution in [2.24, 2.45) is 0 Å². The van der Waals surface area contributed by atoms with Gasteiger partial charge in [0.25, 0.3) is 11.9 Å². The number of esters is 2. The van der Waals surface area contributed by atoms with Crippen LogP contribution in [0.5, 0.6) is 11.7 Å². The van der Waals surface area contributed by atoms with Crippen molar-refractivity contribution in [3.05, 3.63) is 82.0 Å². The Bertz CT molecular complexity index is 1340. The molecule has 0 fully saturated rings.